The molecule has 0 saturated heterocycles. The van der Waals surface area contributed by atoms with E-state index in [1.807, 2.05) is 72.8 Å². The van der Waals surface area contributed by atoms with Crippen molar-refractivity contribution in [3.05, 3.63) is 101 Å². The lowest BCUT2D eigenvalue weighted by Crippen LogP contribution is -2.38. The highest BCUT2D eigenvalue weighted by Gasteiger charge is 2.22. The number of amides is 1. The SMILES string of the molecule is COc1ccccc1/C=C(/C(=O)OCC(=O)N1CCc2ccccc2C1)c1ccccc1. The molecule has 1 aliphatic rings. The van der Waals surface area contributed by atoms with Crippen LogP contribution in [-0.2, 0) is 27.3 Å². The molecule has 0 unspecified atom stereocenters. The number of hydrogen-bond acceptors (Lipinski definition) is 4. The van der Waals surface area contributed by atoms with Gasteiger partial charge in [0.05, 0.1) is 12.7 Å². The summed E-state index contributed by atoms with van der Waals surface area (Å²) >= 11 is 0. The fraction of sp³-hybridized carbons (Fsp3) is 0.185. The molecule has 0 aromatic heterocycles. The lowest BCUT2D eigenvalue weighted by Gasteiger charge is -2.28. The molecule has 0 radical (unpaired) electrons. The summed E-state index contributed by atoms with van der Waals surface area (Å²) in [4.78, 5) is 27.5. The number of benzene rings is 3. The number of carbonyl (C=O) groups is 2. The Morgan fingerprint density at radius 1 is 0.906 bits per heavy atom. The van der Waals surface area contributed by atoms with Crippen LogP contribution in [0.25, 0.3) is 11.6 Å². The van der Waals surface area contributed by atoms with Gasteiger partial charge in [-0.25, -0.2) is 4.79 Å². The van der Waals surface area contributed by atoms with Gasteiger partial charge in [-0.2, -0.15) is 0 Å². The maximum absolute atomic E-state index is 13.0. The molecule has 3 aromatic carbocycles. The van der Waals surface area contributed by atoms with Gasteiger partial charge in [0.25, 0.3) is 5.91 Å². The number of hydrogen-bond donors (Lipinski definition) is 0. The van der Waals surface area contributed by atoms with Gasteiger partial charge in [-0.15, -0.1) is 0 Å². The first-order chi connectivity index (χ1) is 15.7. The molecule has 162 valence electrons. The van der Waals surface area contributed by atoms with Crippen LogP contribution in [0.1, 0.15) is 22.3 Å². The Labute approximate surface area is 187 Å². The average molecular weight is 428 g/mol. The van der Waals surface area contributed by atoms with Crippen LogP contribution in [0.4, 0.5) is 0 Å². The fourth-order valence-electron chi connectivity index (χ4n) is 3.82. The summed E-state index contributed by atoms with van der Waals surface area (Å²) in [6.45, 7) is 0.863. The van der Waals surface area contributed by atoms with Gasteiger partial charge in [-0.05, 0) is 35.3 Å². The van der Waals surface area contributed by atoms with Crippen molar-refractivity contribution in [3.63, 3.8) is 0 Å². The minimum Gasteiger partial charge on any atom is -0.496 e. The van der Waals surface area contributed by atoms with E-state index in [4.69, 9.17) is 9.47 Å². The molecule has 1 aliphatic heterocycles. The van der Waals surface area contributed by atoms with Gasteiger partial charge in [0.2, 0.25) is 0 Å². The third-order valence-electron chi connectivity index (χ3n) is 5.55. The Kier molecular flexibility index (Phi) is 6.66. The Bertz CT molecular complexity index is 1140. The highest BCUT2D eigenvalue weighted by molar-refractivity contribution is 6.22. The van der Waals surface area contributed by atoms with E-state index in [9.17, 15) is 9.59 Å². The van der Waals surface area contributed by atoms with E-state index in [2.05, 4.69) is 6.07 Å². The predicted molar refractivity (Wildman–Crippen MR) is 124 cm³/mol. The molecule has 1 amide bonds. The van der Waals surface area contributed by atoms with Crippen molar-refractivity contribution < 1.29 is 19.1 Å². The first-order valence-electron chi connectivity index (χ1n) is 10.6. The highest BCUT2D eigenvalue weighted by atomic mass is 16.5. The standard InChI is InChI=1S/C27H25NO4/c1-31-25-14-8-7-12-22(25)17-24(21-10-3-2-4-11-21)27(30)32-19-26(29)28-16-15-20-9-5-6-13-23(20)18-28/h2-14,17H,15-16,18-19H2,1H3/b24-17+. The Balaban J connectivity index is 1.50. The topological polar surface area (TPSA) is 55.8 Å². The summed E-state index contributed by atoms with van der Waals surface area (Å²) < 4.78 is 10.9. The van der Waals surface area contributed by atoms with Crippen molar-refractivity contribution in [1.82, 2.24) is 4.90 Å². The monoisotopic (exact) mass is 427 g/mol. The molecule has 3 aromatic rings. The van der Waals surface area contributed by atoms with Crippen LogP contribution < -0.4 is 4.74 Å². The summed E-state index contributed by atoms with van der Waals surface area (Å²) in [5.74, 6) is -0.0952. The number of esters is 1. The van der Waals surface area contributed by atoms with E-state index in [-0.39, 0.29) is 12.5 Å². The van der Waals surface area contributed by atoms with E-state index in [0.717, 1.165) is 17.5 Å². The Morgan fingerprint density at radius 2 is 1.59 bits per heavy atom. The first kappa shape index (κ1) is 21.4. The largest absolute Gasteiger partial charge is 0.496 e. The molecule has 4 rings (SSSR count). The molecule has 5 nitrogen and oxygen atoms in total. The molecular weight excluding hydrogens is 402 g/mol. The Morgan fingerprint density at radius 3 is 2.38 bits per heavy atom. The number of para-hydroxylation sites is 1. The second-order valence-corrected chi connectivity index (χ2v) is 7.58. The van der Waals surface area contributed by atoms with Crippen LogP contribution in [0.15, 0.2) is 78.9 Å². The van der Waals surface area contributed by atoms with E-state index in [1.165, 1.54) is 5.56 Å². The first-order valence-corrected chi connectivity index (χ1v) is 10.6. The minimum atomic E-state index is -0.548. The molecule has 0 atom stereocenters. The van der Waals surface area contributed by atoms with Gasteiger partial charge < -0.3 is 14.4 Å². The predicted octanol–water partition coefficient (Wildman–Crippen LogP) is 4.36. The second kappa shape index (κ2) is 9.96. The molecule has 0 N–H and O–H groups in total. The van der Waals surface area contributed by atoms with E-state index in [0.29, 0.717) is 30.0 Å². The lowest BCUT2D eigenvalue weighted by atomic mass is 10.00. The molecule has 0 saturated carbocycles. The molecule has 0 bridgehead atoms. The van der Waals surface area contributed by atoms with Gasteiger partial charge in [0.15, 0.2) is 6.61 Å². The number of methoxy groups -OCH3 is 1. The summed E-state index contributed by atoms with van der Waals surface area (Å²) in [5.41, 5.74) is 4.23. The average Bonchev–Trinajstić information content (AvgIpc) is 2.86. The summed E-state index contributed by atoms with van der Waals surface area (Å²) in [7, 11) is 1.59. The molecule has 32 heavy (non-hydrogen) atoms. The summed E-state index contributed by atoms with van der Waals surface area (Å²) in [6.07, 6.45) is 2.54. The van der Waals surface area contributed by atoms with Gasteiger partial charge in [-0.1, -0.05) is 72.8 Å². The zero-order valence-electron chi connectivity index (χ0n) is 18.0. The third kappa shape index (κ3) is 4.89. The second-order valence-electron chi connectivity index (χ2n) is 7.58. The summed E-state index contributed by atoms with van der Waals surface area (Å²) in [5, 5.41) is 0. The van der Waals surface area contributed by atoms with Crippen molar-refractivity contribution in [2.24, 2.45) is 0 Å². The maximum Gasteiger partial charge on any atom is 0.339 e. The van der Waals surface area contributed by atoms with Crippen molar-refractivity contribution in [3.8, 4) is 5.75 Å². The van der Waals surface area contributed by atoms with Crippen LogP contribution in [0.2, 0.25) is 0 Å². The zero-order chi connectivity index (χ0) is 22.3. The molecule has 1 heterocycles. The molecular formula is C27H25NO4. The van der Waals surface area contributed by atoms with Crippen LogP contribution >= 0.6 is 0 Å². The van der Waals surface area contributed by atoms with Crippen molar-refractivity contribution in [2.75, 3.05) is 20.3 Å². The molecule has 0 aliphatic carbocycles. The van der Waals surface area contributed by atoms with Crippen LogP contribution in [0.5, 0.6) is 5.75 Å². The van der Waals surface area contributed by atoms with E-state index >= 15 is 0 Å². The molecule has 5 heteroatoms. The normalized spacial score (nSPS) is 13.3. The molecule has 0 spiro atoms. The maximum atomic E-state index is 13.0. The number of nitrogens with zero attached hydrogens (tertiary/aromatic N) is 1. The van der Waals surface area contributed by atoms with Crippen molar-refractivity contribution >= 4 is 23.5 Å². The Hall–Kier alpha value is -3.86. The van der Waals surface area contributed by atoms with Gasteiger partial charge >= 0.3 is 5.97 Å². The van der Waals surface area contributed by atoms with Crippen LogP contribution in [-0.4, -0.2) is 37.0 Å². The van der Waals surface area contributed by atoms with Crippen molar-refractivity contribution in [2.45, 2.75) is 13.0 Å². The van der Waals surface area contributed by atoms with Crippen LogP contribution in [0.3, 0.4) is 0 Å². The van der Waals surface area contributed by atoms with E-state index in [1.54, 1.807) is 18.1 Å². The number of fused-ring (bicyclic) bond motifs is 1. The smallest absolute Gasteiger partial charge is 0.339 e. The highest BCUT2D eigenvalue weighted by Crippen LogP contribution is 2.26. The van der Waals surface area contributed by atoms with Gasteiger partial charge in [-0.3, -0.25) is 4.79 Å². The minimum absolute atomic E-state index is 0.197. The summed E-state index contributed by atoms with van der Waals surface area (Å²) in [6, 6.07) is 24.8. The quantitative estimate of drug-likeness (QED) is 0.333. The molecule has 0 fully saturated rings. The zero-order valence-corrected chi connectivity index (χ0v) is 18.0. The van der Waals surface area contributed by atoms with Gasteiger partial charge in [0, 0.05) is 18.7 Å². The van der Waals surface area contributed by atoms with Crippen LogP contribution in [0, 0.1) is 0 Å². The lowest BCUT2D eigenvalue weighted by molar-refractivity contribution is -0.147. The number of rotatable bonds is 6. The van der Waals surface area contributed by atoms with Gasteiger partial charge in [0.1, 0.15) is 5.75 Å². The van der Waals surface area contributed by atoms with Crippen molar-refractivity contribution in [1.29, 1.82) is 0 Å². The van der Waals surface area contributed by atoms with E-state index < -0.39 is 5.97 Å². The number of carbonyl (C=O) groups excluding carboxylic acids is 2. The third-order valence-corrected chi connectivity index (χ3v) is 5.55. The number of ether oxygens (including phenoxy) is 2. The fourth-order valence-corrected chi connectivity index (χ4v) is 3.82.